The first-order chi connectivity index (χ1) is 9.92. The van der Waals surface area contributed by atoms with Gasteiger partial charge in [0.05, 0.1) is 6.61 Å². The Labute approximate surface area is 123 Å². The van der Waals surface area contributed by atoms with Crippen LogP contribution in [0.2, 0.25) is 0 Å². The molecular weight excluding hydrogens is 304 g/mol. The van der Waals surface area contributed by atoms with Crippen LogP contribution in [-0.2, 0) is 21.4 Å². The fourth-order valence-corrected chi connectivity index (χ4v) is 2.82. The number of rotatable bonds is 9. The van der Waals surface area contributed by atoms with Crippen molar-refractivity contribution in [3.63, 3.8) is 0 Å². The van der Waals surface area contributed by atoms with Crippen molar-refractivity contribution >= 4 is 10.0 Å². The van der Waals surface area contributed by atoms with Crippen LogP contribution in [0, 0.1) is 11.6 Å². The highest BCUT2D eigenvalue weighted by Gasteiger charge is 2.22. The van der Waals surface area contributed by atoms with E-state index in [0.29, 0.717) is 19.6 Å². The first kappa shape index (κ1) is 18.0. The van der Waals surface area contributed by atoms with Crippen molar-refractivity contribution in [1.29, 1.82) is 0 Å². The Balaban J connectivity index is 2.72. The fraction of sp³-hybridized carbons (Fsp3) is 0.538. The molecule has 0 radical (unpaired) electrons. The number of sulfonamides is 1. The number of ether oxygens (including phenoxy) is 1. The topological polar surface area (TPSA) is 75.6 Å². The molecule has 0 fully saturated rings. The molecule has 0 bridgehead atoms. The predicted molar refractivity (Wildman–Crippen MR) is 73.2 cm³/mol. The average Bonchev–Trinajstić information content (AvgIpc) is 2.45. The Morgan fingerprint density at radius 1 is 1.29 bits per heavy atom. The molecule has 0 saturated heterocycles. The van der Waals surface area contributed by atoms with Crippen LogP contribution in [0.5, 0.6) is 0 Å². The highest BCUT2D eigenvalue weighted by Crippen LogP contribution is 2.19. The zero-order chi connectivity index (χ0) is 15.9. The van der Waals surface area contributed by atoms with Gasteiger partial charge in [0, 0.05) is 19.8 Å². The number of nitrogens with one attached hydrogen (secondary N) is 1. The van der Waals surface area contributed by atoms with E-state index in [1.54, 1.807) is 0 Å². The van der Waals surface area contributed by atoms with Gasteiger partial charge in [-0.05, 0) is 30.5 Å². The van der Waals surface area contributed by atoms with E-state index in [1.807, 2.05) is 6.92 Å². The summed E-state index contributed by atoms with van der Waals surface area (Å²) in [7, 11) is -4.17. The van der Waals surface area contributed by atoms with Crippen LogP contribution in [0.3, 0.4) is 0 Å². The second-order valence-electron chi connectivity index (χ2n) is 4.41. The standard InChI is InChI=1S/C13H19F2NO4S/c1-2-5-20-6-3-4-16-21(18,19)12-8-10(9-17)7-11(14)13(12)15/h7-8,16-17H,2-6,9H2,1H3. The third kappa shape index (κ3) is 5.31. The number of benzene rings is 1. The molecule has 0 aliphatic heterocycles. The molecule has 0 spiro atoms. The van der Waals surface area contributed by atoms with Gasteiger partial charge in [-0.15, -0.1) is 0 Å². The van der Waals surface area contributed by atoms with Crippen LogP contribution < -0.4 is 4.72 Å². The molecule has 1 aromatic rings. The van der Waals surface area contributed by atoms with E-state index in [4.69, 9.17) is 9.84 Å². The molecule has 0 atom stereocenters. The minimum absolute atomic E-state index is 0.0134. The lowest BCUT2D eigenvalue weighted by molar-refractivity contribution is 0.133. The molecule has 0 heterocycles. The van der Waals surface area contributed by atoms with Gasteiger partial charge in [0.15, 0.2) is 11.6 Å². The number of hydrogen-bond acceptors (Lipinski definition) is 4. The molecule has 0 amide bonds. The number of halogens is 2. The summed E-state index contributed by atoms with van der Waals surface area (Å²) < 4.78 is 58.1. The molecule has 8 heteroatoms. The van der Waals surface area contributed by atoms with Gasteiger partial charge in [-0.25, -0.2) is 21.9 Å². The predicted octanol–water partition coefficient (Wildman–Crippen LogP) is 1.55. The molecule has 1 aromatic carbocycles. The van der Waals surface area contributed by atoms with Crippen molar-refractivity contribution in [2.45, 2.75) is 31.3 Å². The molecule has 0 aliphatic carbocycles. The lowest BCUT2D eigenvalue weighted by Gasteiger charge is -2.10. The minimum atomic E-state index is -4.17. The van der Waals surface area contributed by atoms with E-state index in [0.717, 1.165) is 18.6 Å². The van der Waals surface area contributed by atoms with Gasteiger partial charge in [0.2, 0.25) is 10.0 Å². The summed E-state index contributed by atoms with van der Waals surface area (Å²) in [5, 5.41) is 8.92. The number of aliphatic hydroxyl groups excluding tert-OH is 1. The van der Waals surface area contributed by atoms with Gasteiger partial charge >= 0.3 is 0 Å². The van der Waals surface area contributed by atoms with Gasteiger partial charge < -0.3 is 9.84 Å². The largest absolute Gasteiger partial charge is 0.392 e. The molecule has 0 unspecified atom stereocenters. The average molecular weight is 323 g/mol. The van der Waals surface area contributed by atoms with E-state index < -0.39 is 33.2 Å². The van der Waals surface area contributed by atoms with Crippen molar-refractivity contribution in [2.24, 2.45) is 0 Å². The third-order valence-electron chi connectivity index (χ3n) is 2.63. The summed E-state index contributed by atoms with van der Waals surface area (Å²) >= 11 is 0. The van der Waals surface area contributed by atoms with Crippen LogP contribution in [0.25, 0.3) is 0 Å². The zero-order valence-electron chi connectivity index (χ0n) is 11.7. The van der Waals surface area contributed by atoms with Crippen molar-refractivity contribution in [2.75, 3.05) is 19.8 Å². The summed E-state index contributed by atoms with van der Waals surface area (Å²) in [6.07, 6.45) is 1.28. The van der Waals surface area contributed by atoms with Crippen molar-refractivity contribution in [3.8, 4) is 0 Å². The summed E-state index contributed by atoms with van der Waals surface area (Å²) in [5.41, 5.74) is -0.0134. The molecule has 2 N–H and O–H groups in total. The third-order valence-corrected chi connectivity index (χ3v) is 4.09. The molecule has 120 valence electrons. The first-order valence-corrected chi connectivity index (χ1v) is 8.07. The maximum absolute atomic E-state index is 13.6. The first-order valence-electron chi connectivity index (χ1n) is 6.58. The lowest BCUT2D eigenvalue weighted by atomic mass is 10.2. The second-order valence-corrected chi connectivity index (χ2v) is 6.15. The van der Waals surface area contributed by atoms with Crippen LogP contribution in [0.1, 0.15) is 25.3 Å². The van der Waals surface area contributed by atoms with Crippen LogP contribution in [0.15, 0.2) is 17.0 Å². The van der Waals surface area contributed by atoms with E-state index in [2.05, 4.69) is 4.72 Å². The Morgan fingerprint density at radius 2 is 2.00 bits per heavy atom. The van der Waals surface area contributed by atoms with E-state index in [-0.39, 0.29) is 12.1 Å². The van der Waals surface area contributed by atoms with Gasteiger partial charge in [-0.3, -0.25) is 0 Å². The van der Waals surface area contributed by atoms with E-state index in [1.165, 1.54) is 0 Å². The Bertz CT molecular complexity index is 564. The van der Waals surface area contributed by atoms with Gasteiger partial charge in [0.1, 0.15) is 4.90 Å². The SMILES string of the molecule is CCCOCCCNS(=O)(=O)c1cc(CO)cc(F)c1F. The van der Waals surface area contributed by atoms with Crippen molar-refractivity contribution in [1.82, 2.24) is 4.72 Å². The van der Waals surface area contributed by atoms with Crippen molar-refractivity contribution in [3.05, 3.63) is 29.3 Å². The summed E-state index contributed by atoms with van der Waals surface area (Å²) in [4.78, 5) is -0.805. The maximum atomic E-state index is 13.6. The van der Waals surface area contributed by atoms with E-state index >= 15 is 0 Å². The van der Waals surface area contributed by atoms with Gasteiger partial charge in [-0.2, -0.15) is 0 Å². The van der Waals surface area contributed by atoms with E-state index in [9.17, 15) is 17.2 Å². The lowest BCUT2D eigenvalue weighted by Crippen LogP contribution is -2.27. The number of aliphatic hydroxyl groups is 1. The minimum Gasteiger partial charge on any atom is -0.392 e. The Hall–Kier alpha value is -1.09. The highest BCUT2D eigenvalue weighted by atomic mass is 32.2. The molecule has 21 heavy (non-hydrogen) atoms. The molecule has 0 aliphatic rings. The van der Waals surface area contributed by atoms with Gasteiger partial charge in [-0.1, -0.05) is 6.92 Å². The maximum Gasteiger partial charge on any atom is 0.243 e. The quantitative estimate of drug-likeness (QED) is 0.676. The summed E-state index contributed by atoms with van der Waals surface area (Å²) in [6.45, 7) is 2.39. The Kier molecular flexibility index (Phi) is 7.16. The summed E-state index contributed by atoms with van der Waals surface area (Å²) in [6, 6.07) is 1.67. The zero-order valence-corrected chi connectivity index (χ0v) is 12.5. The molecule has 5 nitrogen and oxygen atoms in total. The van der Waals surface area contributed by atoms with Crippen molar-refractivity contribution < 1.29 is 27.0 Å². The molecule has 0 aromatic heterocycles. The smallest absolute Gasteiger partial charge is 0.243 e. The summed E-state index contributed by atoms with van der Waals surface area (Å²) in [5.74, 6) is -2.77. The Morgan fingerprint density at radius 3 is 2.62 bits per heavy atom. The monoisotopic (exact) mass is 323 g/mol. The van der Waals surface area contributed by atoms with Crippen LogP contribution >= 0.6 is 0 Å². The molecule has 0 saturated carbocycles. The van der Waals surface area contributed by atoms with Crippen LogP contribution in [-0.4, -0.2) is 33.3 Å². The second kappa shape index (κ2) is 8.38. The van der Waals surface area contributed by atoms with Gasteiger partial charge in [0.25, 0.3) is 0 Å². The fourth-order valence-electron chi connectivity index (χ4n) is 1.61. The normalized spacial score (nSPS) is 11.8. The number of hydrogen-bond donors (Lipinski definition) is 2. The van der Waals surface area contributed by atoms with Crippen LogP contribution in [0.4, 0.5) is 8.78 Å². The highest BCUT2D eigenvalue weighted by molar-refractivity contribution is 7.89. The molecular formula is C13H19F2NO4S. The molecule has 1 rings (SSSR count).